The molecule has 1 heterocycles. The summed E-state index contributed by atoms with van der Waals surface area (Å²) in [6.45, 7) is 5.64. The highest BCUT2D eigenvalue weighted by Gasteiger charge is 2.31. The van der Waals surface area contributed by atoms with Crippen molar-refractivity contribution < 1.29 is 9.50 Å². The highest BCUT2D eigenvalue weighted by Crippen LogP contribution is 2.32. The first-order chi connectivity index (χ1) is 9.31. The van der Waals surface area contributed by atoms with Crippen LogP contribution in [0.25, 0.3) is 0 Å². The van der Waals surface area contributed by atoms with Crippen molar-refractivity contribution in [2.45, 2.75) is 38.8 Å². The highest BCUT2D eigenvalue weighted by atomic mass is 35.5. The van der Waals surface area contributed by atoms with E-state index in [-0.39, 0.29) is 11.9 Å². The summed E-state index contributed by atoms with van der Waals surface area (Å²) in [6.07, 6.45) is 1.88. The van der Waals surface area contributed by atoms with Crippen molar-refractivity contribution in [1.82, 2.24) is 9.78 Å². The van der Waals surface area contributed by atoms with E-state index in [1.807, 2.05) is 13.8 Å². The lowest BCUT2D eigenvalue weighted by atomic mass is 9.93. The number of nitrogens with zero attached hydrogens (tertiary/aromatic N) is 2. The summed E-state index contributed by atoms with van der Waals surface area (Å²) < 4.78 is 14.6. The molecule has 1 aromatic heterocycles. The van der Waals surface area contributed by atoms with Crippen molar-refractivity contribution in [2.75, 3.05) is 0 Å². The molecule has 1 aromatic carbocycles. The van der Waals surface area contributed by atoms with E-state index in [9.17, 15) is 9.50 Å². The lowest BCUT2D eigenvalue weighted by molar-refractivity contribution is 0.0467. The summed E-state index contributed by atoms with van der Waals surface area (Å²) >= 11 is 6.16. The van der Waals surface area contributed by atoms with Gasteiger partial charge < -0.3 is 5.11 Å². The van der Waals surface area contributed by atoms with E-state index in [2.05, 4.69) is 5.10 Å². The Morgan fingerprint density at radius 2 is 1.95 bits per heavy atom. The van der Waals surface area contributed by atoms with Crippen LogP contribution in [0.15, 0.2) is 30.5 Å². The van der Waals surface area contributed by atoms with Crippen molar-refractivity contribution in [3.8, 4) is 0 Å². The van der Waals surface area contributed by atoms with Crippen LogP contribution in [0.2, 0.25) is 5.02 Å². The fourth-order valence-corrected chi connectivity index (χ4v) is 2.65. The monoisotopic (exact) mass is 296 g/mol. The average molecular weight is 297 g/mol. The average Bonchev–Trinajstić information content (AvgIpc) is 2.75. The predicted molar refractivity (Wildman–Crippen MR) is 77.3 cm³/mol. The first-order valence-electron chi connectivity index (χ1n) is 6.51. The minimum atomic E-state index is -1.17. The lowest BCUT2D eigenvalue weighted by Gasteiger charge is -2.26. The fourth-order valence-electron chi connectivity index (χ4n) is 2.32. The maximum atomic E-state index is 12.9. The van der Waals surface area contributed by atoms with Gasteiger partial charge >= 0.3 is 0 Å². The van der Waals surface area contributed by atoms with E-state index in [1.165, 1.54) is 18.3 Å². The first-order valence-corrected chi connectivity index (χ1v) is 6.89. The van der Waals surface area contributed by atoms with Gasteiger partial charge in [0, 0.05) is 12.5 Å². The summed E-state index contributed by atoms with van der Waals surface area (Å²) in [4.78, 5) is 0. The zero-order valence-corrected chi connectivity index (χ0v) is 12.5. The maximum absolute atomic E-state index is 12.9. The number of rotatable bonds is 4. The minimum Gasteiger partial charge on any atom is -0.383 e. The Labute approximate surface area is 123 Å². The lowest BCUT2D eigenvalue weighted by Crippen LogP contribution is -2.29. The second-order valence-electron chi connectivity index (χ2n) is 5.46. The van der Waals surface area contributed by atoms with Crippen LogP contribution >= 0.6 is 11.6 Å². The van der Waals surface area contributed by atoms with Gasteiger partial charge in [-0.2, -0.15) is 5.10 Å². The molecule has 1 N–H and O–H groups in total. The van der Waals surface area contributed by atoms with E-state index < -0.39 is 5.60 Å². The van der Waals surface area contributed by atoms with Gasteiger partial charge in [-0.1, -0.05) is 23.7 Å². The summed E-state index contributed by atoms with van der Waals surface area (Å²) in [5, 5.41) is 15.4. The topological polar surface area (TPSA) is 38.0 Å². The Balaban J connectivity index is 2.35. The quantitative estimate of drug-likeness (QED) is 0.934. The number of aliphatic hydroxyl groups is 1. The van der Waals surface area contributed by atoms with E-state index in [0.29, 0.717) is 17.1 Å². The van der Waals surface area contributed by atoms with Crippen molar-refractivity contribution >= 4 is 11.6 Å². The van der Waals surface area contributed by atoms with Gasteiger partial charge in [0.25, 0.3) is 0 Å². The molecule has 1 unspecified atom stereocenters. The highest BCUT2D eigenvalue weighted by molar-refractivity contribution is 6.31. The molecular formula is C15H18ClFN2O. The van der Waals surface area contributed by atoms with E-state index in [1.54, 1.807) is 23.7 Å². The summed E-state index contributed by atoms with van der Waals surface area (Å²) in [5.41, 5.74) is 0.248. The molecule has 0 saturated heterocycles. The Hall–Kier alpha value is -1.39. The van der Waals surface area contributed by atoms with E-state index in [0.717, 1.165) is 5.56 Å². The summed E-state index contributed by atoms with van der Waals surface area (Å²) in [6, 6.07) is 6.18. The molecule has 0 amide bonds. The second-order valence-corrected chi connectivity index (χ2v) is 5.86. The molecule has 0 spiro atoms. The Bertz CT molecular complexity index is 590. The smallest absolute Gasteiger partial charge is 0.123 e. The first kappa shape index (κ1) is 15.0. The molecule has 0 bridgehead atoms. The van der Waals surface area contributed by atoms with Crippen LogP contribution in [0.1, 0.15) is 38.1 Å². The minimum absolute atomic E-state index is 0.0946. The molecule has 0 aliphatic carbocycles. The van der Waals surface area contributed by atoms with Crippen LogP contribution in [-0.2, 0) is 12.0 Å². The van der Waals surface area contributed by atoms with Crippen LogP contribution in [0.4, 0.5) is 4.39 Å². The number of benzene rings is 1. The molecule has 3 nitrogen and oxygen atoms in total. The molecule has 2 aromatic rings. The third kappa shape index (κ3) is 3.02. The Kier molecular flexibility index (Phi) is 4.16. The molecular weight excluding hydrogens is 279 g/mol. The molecule has 2 rings (SSSR count). The zero-order chi connectivity index (χ0) is 14.9. The third-order valence-corrected chi connectivity index (χ3v) is 3.49. The van der Waals surface area contributed by atoms with Gasteiger partial charge in [0.15, 0.2) is 0 Å². The molecule has 1 atom stereocenters. The zero-order valence-electron chi connectivity index (χ0n) is 11.8. The van der Waals surface area contributed by atoms with E-state index >= 15 is 0 Å². The molecule has 108 valence electrons. The van der Waals surface area contributed by atoms with Crippen LogP contribution in [-0.4, -0.2) is 14.9 Å². The number of hydrogen-bond donors (Lipinski definition) is 1. The van der Waals surface area contributed by atoms with Gasteiger partial charge in [-0.25, -0.2) is 4.39 Å². The van der Waals surface area contributed by atoms with Gasteiger partial charge in [-0.05, 0) is 38.5 Å². The normalized spacial score (nSPS) is 14.6. The fraction of sp³-hybridized carbons (Fsp3) is 0.400. The van der Waals surface area contributed by atoms with Gasteiger partial charge in [-0.15, -0.1) is 0 Å². The van der Waals surface area contributed by atoms with Gasteiger partial charge in [0.05, 0.1) is 16.9 Å². The maximum Gasteiger partial charge on any atom is 0.123 e. The largest absolute Gasteiger partial charge is 0.383 e. The van der Waals surface area contributed by atoms with Crippen LogP contribution in [0, 0.1) is 5.82 Å². The van der Waals surface area contributed by atoms with E-state index in [4.69, 9.17) is 11.6 Å². The predicted octanol–water partition coefficient (Wildman–Crippen LogP) is 3.71. The van der Waals surface area contributed by atoms with Gasteiger partial charge in [0.1, 0.15) is 11.4 Å². The Morgan fingerprint density at radius 1 is 1.35 bits per heavy atom. The van der Waals surface area contributed by atoms with Crippen molar-refractivity contribution in [2.24, 2.45) is 0 Å². The van der Waals surface area contributed by atoms with Crippen LogP contribution in [0.5, 0.6) is 0 Å². The molecule has 5 heteroatoms. The van der Waals surface area contributed by atoms with Gasteiger partial charge in [-0.3, -0.25) is 4.68 Å². The summed E-state index contributed by atoms with van der Waals surface area (Å²) in [7, 11) is 0. The van der Waals surface area contributed by atoms with Crippen molar-refractivity contribution in [3.63, 3.8) is 0 Å². The van der Waals surface area contributed by atoms with Gasteiger partial charge in [0.2, 0.25) is 0 Å². The van der Waals surface area contributed by atoms with Crippen LogP contribution in [0.3, 0.4) is 0 Å². The molecule has 20 heavy (non-hydrogen) atoms. The number of halogens is 2. The third-order valence-electron chi connectivity index (χ3n) is 3.21. The summed E-state index contributed by atoms with van der Waals surface area (Å²) in [5.74, 6) is -0.293. The molecule has 0 aliphatic heterocycles. The molecule has 0 fully saturated rings. The number of hydrogen-bond acceptors (Lipinski definition) is 2. The molecule has 0 radical (unpaired) electrons. The molecule has 0 saturated carbocycles. The SMILES string of the molecule is CC(C)n1ncc(Cl)c1C(C)(O)Cc1ccc(F)cc1. The standard InChI is InChI=1S/C15H18ClFN2O/c1-10(2)19-14(13(16)9-18-19)15(3,20)8-11-4-6-12(17)7-5-11/h4-7,9-10,20H,8H2,1-3H3. The molecule has 0 aliphatic rings. The van der Waals surface area contributed by atoms with Crippen LogP contribution < -0.4 is 0 Å². The van der Waals surface area contributed by atoms with Crippen molar-refractivity contribution in [3.05, 3.63) is 52.6 Å². The second kappa shape index (κ2) is 5.54. The Morgan fingerprint density at radius 3 is 2.50 bits per heavy atom. The van der Waals surface area contributed by atoms with Crippen molar-refractivity contribution in [1.29, 1.82) is 0 Å². The number of aromatic nitrogens is 2.